The van der Waals surface area contributed by atoms with Gasteiger partial charge in [0, 0.05) is 0 Å². The van der Waals surface area contributed by atoms with E-state index in [1.165, 1.54) is 46.9 Å². The van der Waals surface area contributed by atoms with Crippen molar-refractivity contribution < 1.29 is 44.6 Å². The lowest BCUT2D eigenvalue weighted by atomic mass is 9.97. The Morgan fingerprint density at radius 2 is 0.667 bits per heavy atom. The monoisotopic (exact) mass is 862 g/mol. The average Bonchev–Trinajstić information content (AvgIpc) is 3.26. The van der Waals surface area contributed by atoms with E-state index in [0.29, 0.717) is 22.3 Å². The first-order valence-electron chi connectivity index (χ1n) is 20.5. The number of benzene rings is 8. The lowest BCUT2D eigenvalue weighted by molar-refractivity contribution is -0.276. The van der Waals surface area contributed by atoms with Crippen LogP contribution in [0.5, 0.6) is 11.5 Å². The molecule has 8 rings (SSSR count). The second-order valence-corrected chi connectivity index (χ2v) is 15.2. The van der Waals surface area contributed by atoms with Gasteiger partial charge in [0.2, 0.25) is 0 Å². The van der Waals surface area contributed by atoms with Gasteiger partial charge < -0.3 is 9.47 Å². The van der Waals surface area contributed by atoms with Crippen molar-refractivity contribution in [2.24, 2.45) is 0 Å². The molecule has 0 N–H and O–H groups in total. The van der Waals surface area contributed by atoms with Crippen molar-refractivity contribution >= 4 is 21.5 Å². The van der Waals surface area contributed by atoms with Gasteiger partial charge in [-0.05, 0) is 133 Å². The minimum absolute atomic E-state index is 0.473. The van der Waals surface area contributed by atoms with Crippen LogP contribution >= 0.6 is 0 Å². The Kier molecular flexibility index (Phi) is 13.5. The normalized spacial score (nSPS) is 11.7. The number of fused-ring (bicyclic) bond motifs is 2. The van der Waals surface area contributed by atoms with E-state index >= 15 is 0 Å². The third-order valence-corrected chi connectivity index (χ3v) is 10.6. The predicted octanol–water partition coefficient (Wildman–Crippen LogP) is 16.7. The summed E-state index contributed by atoms with van der Waals surface area (Å²) in [5.74, 6) is -3.80. The summed E-state index contributed by atoms with van der Waals surface area (Å²) in [6, 6.07) is 47.5. The van der Waals surface area contributed by atoms with E-state index in [9.17, 15) is 35.1 Å². The topological polar surface area (TPSA) is 18.5 Å². The molecule has 0 unspecified atom stereocenters. The maximum Gasteiger partial charge on any atom is 0.573 e. The van der Waals surface area contributed by atoms with E-state index in [1.54, 1.807) is 0 Å². The Hall–Kier alpha value is -6.68. The van der Waals surface area contributed by atoms with E-state index in [2.05, 4.69) is 96.1 Å². The molecule has 0 fully saturated rings. The number of halogens is 8. The molecule has 0 aliphatic carbocycles. The highest BCUT2D eigenvalue weighted by atomic mass is 19.4. The van der Waals surface area contributed by atoms with Crippen LogP contribution in [0, 0.1) is 11.6 Å². The van der Waals surface area contributed by atoms with Crippen LogP contribution in [0.4, 0.5) is 35.1 Å². The van der Waals surface area contributed by atoms with Crippen LogP contribution in [0.1, 0.15) is 44.2 Å². The van der Waals surface area contributed by atoms with Gasteiger partial charge in [-0.15, -0.1) is 26.3 Å². The molecule has 0 saturated carbocycles. The summed E-state index contributed by atoms with van der Waals surface area (Å²) in [5.41, 5.74) is 9.14. The summed E-state index contributed by atoms with van der Waals surface area (Å²) in [5, 5.41) is 4.72. The SMILES string of the molecule is CCCCc1ccc2cc(-c3ccc(-c4ccc(OC(F)(F)F)c(F)c4)cc3)ccc2c1.CCCc1ccc2cc(-c3ccc(-c4ccc(OC(F)(F)F)c(F)c4)cc3)ccc2c1. The Labute approximate surface area is 360 Å². The molecule has 0 amide bonds. The zero-order chi connectivity index (χ0) is 44.7. The van der Waals surface area contributed by atoms with E-state index in [-0.39, 0.29) is 0 Å². The average molecular weight is 863 g/mol. The molecular formula is C53H42F8O2. The van der Waals surface area contributed by atoms with Crippen molar-refractivity contribution in [3.8, 4) is 56.0 Å². The summed E-state index contributed by atoms with van der Waals surface area (Å²) in [7, 11) is 0. The van der Waals surface area contributed by atoms with E-state index in [1.807, 2.05) is 48.5 Å². The van der Waals surface area contributed by atoms with Crippen LogP contribution < -0.4 is 9.47 Å². The van der Waals surface area contributed by atoms with Crippen LogP contribution in [0.15, 0.2) is 158 Å². The number of ether oxygens (including phenoxy) is 2. The Balaban J connectivity index is 0.000000189. The lowest BCUT2D eigenvalue weighted by Crippen LogP contribution is -2.17. The summed E-state index contributed by atoms with van der Waals surface area (Å²) >= 11 is 0. The van der Waals surface area contributed by atoms with E-state index < -0.39 is 35.9 Å². The predicted molar refractivity (Wildman–Crippen MR) is 236 cm³/mol. The zero-order valence-electron chi connectivity index (χ0n) is 34.4. The lowest BCUT2D eigenvalue weighted by Gasteiger charge is -2.11. The highest BCUT2D eigenvalue weighted by Crippen LogP contribution is 2.34. The van der Waals surface area contributed by atoms with Crippen LogP contribution in [0.25, 0.3) is 66.1 Å². The van der Waals surface area contributed by atoms with Crippen LogP contribution in [0.2, 0.25) is 0 Å². The molecule has 8 aromatic rings. The molecule has 63 heavy (non-hydrogen) atoms. The fourth-order valence-corrected chi connectivity index (χ4v) is 7.42. The van der Waals surface area contributed by atoms with E-state index in [0.717, 1.165) is 76.6 Å². The van der Waals surface area contributed by atoms with Gasteiger partial charge in [-0.25, -0.2) is 8.78 Å². The van der Waals surface area contributed by atoms with Crippen molar-refractivity contribution in [2.75, 3.05) is 0 Å². The van der Waals surface area contributed by atoms with Crippen LogP contribution in [0.3, 0.4) is 0 Å². The molecule has 0 aromatic heterocycles. The number of unbranched alkanes of at least 4 members (excludes halogenated alkanes) is 1. The number of hydrogen-bond donors (Lipinski definition) is 0. The summed E-state index contributed by atoms with van der Waals surface area (Å²) in [4.78, 5) is 0. The highest BCUT2D eigenvalue weighted by Gasteiger charge is 2.33. The fraction of sp³-hybridized carbons (Fsp3) is 0.170. The summed E-state index contributed by atoms with van der Waals surface area (Å²) in [6.45, 7) is 4.35. The molecule has 0 spiro atoms. The fourth-order valence-electron chi connectivity index (χ4n) is 7.42. The largest absolute Gasteiger partial charge is 0.573 e. The van der Waals surface area contributed by atoms with Gasteiger partial charge in [0.25, 0.3) is 0 Å². The molecule has 322 valence electrons. The minimum atomic E-state index is -4.93. The molecule has 0 heterocycles. The molecule has 0 atom stereocenters. The van der Waals surface area contributed by atoms with Gasteiger partial charge >= 0.3 is 12.7 Å². The molecular weight excluding hydrogens is 821 g/mol. The van der Waals surface area contributed by atoms with Gasteiger partial charge in [-0.1, -0.05) is 148 Å². The number of aryl methyl sites for hydroxylation is 2. The third kappa shape index (κ3) is 11.6. The van der Waals surface area contributed by atoms with Gasteiger partial charge in [0.15, 0.2) is 23.1 Å². The Morgan fingerprint density at radius 3 is 1.02 bits per heavy atom. The van der Waals surface area contributed by atoms with Gasteiger partial charge in [-0.2, -0.15) is 0 Å². The molecule has 2 nitrogen and oxygen atoms in total. The first-order valence-corrected chi connectivity index (χ1v) is 20.5. The molecule has 0 bridgehead atoms. The molecule has 10 heteroatoms. The Morgan fingerprint density at radius 1 is 0.349 bits per heavy atom. The van der Waals surface area contributed by atoms with Crippen molar-refractivity contribution in [1.82, 2.24) is 0 Å². The molecule has 0 aliphatic heterocycles. The molecule has 8 aromatic carbocycles. The summed E-state index contributed by atoms with van der Waals surface area (Å²) < 4.78 is 109. The van der Waals surface area contributed by atoms with E-state index in [4.69, 9.17) is 0 Å². The zero-order valence-corrected chi connectivity index (χ0v) is 34.4. The van der Waals surface area contributed by atoms with Gasteiger partial charge in [-0.3, -0.25) is 0 Å². The first kappa shape index (κ1) is 44.4. The molecule has 0 aliphatic rings. The second kappa shape index (κ2) is 19.2. The first-order chi connectivity index (χ1) is 30.1. The quantitative estimate of drug-likeness (QED) is 0.121. The number of hydrogen-bond acceptors (Lipinski definition) is 2. The van der Waals surface area contributed by atoms with Crippen molar-refractivity contribution in [1.29, 1.82) is 0 Å². The number of alkyl halides is 6. The maximum atomic E-state index is 14.0. The van der Waals surface area contributed by atoms with Crippen molar-refractivity contribution in [3.63, 3.8) is 0 Å². The smallest absolute Gasteiger partial charge is 0.403 e. The van der Waals surface area contributed by atoms with Crippen molar-refractivity contribution in [3.05, 3.63) is 180 Å². The van der Waals surface area contributed by atoms with Crippen LogP contribution in [-0.2, 0) is 12.8 Å². The number of rotatable bonds is 11. The van der Waals surface area contributed by atoms with Crippen molar-refractivity contribution in [2.45, 2.75) is 58.7 Å². The van der Waals surface area contributed by atoms with Crippen LogP contribution in [-0.4, -0.2) is 12.7 Å². The second-order valence-electron chi connectivity index (χ2n) is 15.2. The van der Waals surface area contributed by atoms with Gasteiger partial charge in [0.05, 0.1) is 0 Å². The summed E-state index contributed by atoms with van der Waals surface area (Å²) in [6.07, 6.45) is -4.26. The standard InChI is InChI=1S/C27H22F4O.C26H20F4O/c1-2-3-4-18-5-6-23-16-22(12-11-21(23)15-18)19-7-9-20(10-8-19)24-13-14-26(25(28)17-24)32-27(29,30)31;1-2-3-17-4-5-22-15-21(11-10-20(22)14-17)18-6-8-19(9-7-18)23-12-13-25(24(27)16-23)31-26(28,29)30/h5-17H,2-4H2,1H3;4-16H,2-3H2,1H3. The highest BCUT2D eigenvalue weighted by molar-refractivity contribution is 5.89. The molecule has 0 radical (unpaired) electrons. The Bertz CT molecular complexity index is 2830. The third-order valence-electron chi connectivity index (χ3n) is 10.6. The molecule has 0 saturated heterocycles. The minimum Gasteiger partial charge on any atom is -0.403 e. The van der Waals surface area contributed by atoms with Gasteiger partial charge in [0.1, 0.15) is 0 Å². The maximum absolute atomic E-state index is 14.0.